The van der Waals surface area contributed by atoms with E-state index in [0.29, 0.717) is 0 Å². The van der Waals surface area contributed by atoms with Crippen LogP contribution in [0.2, 0.25) is 0 Å². The van der Waals surface area contributed by atoms with Gasteiger partial charge in [0.1, 0.15) is 0 Å². The minimum Gasteiger partial charge on any atom is -0.378 e. The van der Waals surface area contributed by atoms with E-state index in [0.717, 1.165) is 26.3 Å². The molecule has 1 fully saturated rings. The van der Waals surface area contributed by atoms with Gasteiger partial charge in [-0.1, -0.05) is 48.5 Å². The van der Waals surface area contributed by atoms with Gasteiger partial charge in [0.2, 0.25) is 0 Å². The van der Waals surface area contributed by atoms with E-state index in [1.807, 2.05) is 0 Å². The Labute approximate surface area is 118 Å². The highest BCUT2D eigenvalue weighted by Crippen LogP contribution is 2.34. The van der Waals surface area contributed by atoms with Crippen LogP contribution in [0.1, 0.15) is 0 Å². The standard InChI is InChI=1S/C18H17NO/c1-2-6-15-14(5-1)13-18(19-9-11-20-12-10-19)17-8-4-3-7-16(15)17/h1-8,13H,9-12H2. The quantitative estimate of drug-likeness (QED) is 0.619. The third-order valence-corrected chi connectivity index (χ3v) is 4.10. The van der Waals surface area contributed by atoms with Gasteiger partial charge in [0.25, 0.3) is 0 Å². The molecule has 0 aromatic heterocycles. The van der Waals surface area contributed by atoms with Gasteiger partial charge in [-0.15, -0.1) is 0 Å². The summed E-state index contributed by atoms with van der Waals surface area (Å²) in [6, 6.07) is 19.7. The van der Waals surface area contributed by atoms with Gasteiger partial charge in [0.15, 0.2) is 0 Å². The van der Waals surface area contributed by atoms with Crippen molar-refractivity contribution in [2.75, 3.05) is 31.2 Å². The highest BCUT2D eigenvalue weighted by atomic mass is 16.5. The molecule has 2 nitrogen and oxygen atoms in total. The Hall–Kier alpha value is -2.06. The predicted molar refractivity (Wildman–Crippen MR) is 84.5 cm³/mol. The van der Waals surface area contributed by atoms with Gasteiger partial charge >= 0.3 is 0 Å². The summed E-state index contributed by atoms with van der Waals surface area (Å²) in [4.78, 5) is 2.44. The van der Waals surface area contributed by atoms with Crippen LogP contribution >= 0.6 is 0 Å². The van der Waals surface area contributed by atoms with Crippen LogP contribution in [0.3, 0.4) is 0 Å². The minimum absolute atomic E-state index is 0.821. The van der Waals surface area contributed by atoms with Crippen molar-refractivity contribution in [1.82, 2.24) is 0 Å². The monoisotopic (exact) mass is 263 g/mol. The first-order valence-electron chi connectivity index (χ1n) is 7.17. The number of hydrogen-bond acceptors (Lipinski definition) is 2. The van der Waals surface area contributed by atoms with Gasteiger partial charge in [-0.25, -0.2) is 0 Å². The summed E-state index contributed by atoms with van der Waals surface area (Å²) >= 11 is 0. The molecule has 0 bridgehead atoms. The van der Waals surface area contributed by atoms with E-state index in [1.165, 1.54) is 27.2 Å². The Bertz CT molecular complexity index is 760. The van der Waals surface area contributed by atoms with Crippen LogP contribution in [-0.4, -0.2) is 26.3 Å². The average molecular weight is 263 g/mol. The van der Waals surface area contributed by atoms with E-state index in [1.54, 1.807) is 0 Å². The SMILES string of the molecule is c1ccc2c(c1)cc(N1CCOCC1)c1ccccc12. The van der Waals surface area contributed by atoms with Crippen molar-refractivity contribution in [2.24, 2.45) is 0 Å². The number of benzene rings is 3. The number of morpholine rings is 1. The largest absolute Gasteiger partial charge is 0.378 e. The first kappa shape index (κ1) is 11.7. The normalized spacial score (nSPS) is 15.9. The topological polar surface area (TPSA) is 12.5 Å². The fourth-order valence-corrected chi connectivity index (χ4v) is 3.10. The summed E-state index contributed by atoms with van der Waals surface area (Å²) in [5, 5.41) is 5.33. The van der Waals surface area contributed by atoms with Crippen LogP contribution in [0.15, 0.2) is 54.6 Å². The van der Waals surface area contributed by atoms with E-state index < -0.39 is 0 Å². The molecule has 4 rings (SSSR count). The van der Waals surface area contributed by atoms with Gasteiger partial charge < -0.3 is 9.64 Å². The zero-order valence-corrected chi connectivity index (χ0v) is 11.4. The molecule has 1 aliphatic rings. The van der Waals surface area contributed by atoms with Crippen molar-refractivity contribution >= 4 is 27.2 Å². The second kappa shape index (κ2) is 4.80. The Morgan fingerprint density at radius 1 is 0.750 bits per heavy atom. The van der Waals surface area contributed by atoms with E-state index in [2.05, 4.69) is 59.5 Å². The smallest absolute Gasteiger partial charge is 0.0642 e. The molecule has 20 heavy (non-hydrogen) atoms. The number of fused-ring (bicyclic) bond motifs is 3. The van der Waals surface area contributed by atoms with Crippen molar-refractivity contribution in [3.63, 3.8) is 0 Å². The maximum absolute atomic E-state index is 5.48. The predicted octanol–water partition coefficient (Wildman–Crippen LogP) is 3.83. The van der Waals surface area contributed by atoms with Crippen LogP contribution in [-0.2, 0) is 4.74 Å². The van der Waals surface area contributed by atoms with Crippen molar-refractivity contribution in [3.8, 4) is 0 Å². The molecule has 1 saturated heterocycles. The first-order chi connectivity index (χ1) is 9.93. The van der Waals surface area contributed by atoms with Crippen LogP contribution < -0.4 is 4.90 Å². The molecule has 1 heterocycles. The van der Waals surface area contributed by atoms with Crippen LogP contribution in [0.5, 0.6) is 0 Å². The maximum Gasteiger partial charge on any atom is 0.0642 e. The average Bonchev–Trinajstić information content (AvgIpc) is 2.55. The van der Waals surface area contributed by atoms with E-state index in [4.69, 9.17) is 4.74 Å². The molecule has 3 aromatic rings. The summed E-state index contributed by atoms with van der Waals surface area (Å²) in [6.45, 7) is 3.59. The molecule has 0 N–H and O–H groups in total. The zero-order valence-electron chi connectivity index (χ0n) is 11.4. The second-order valence-electron chi connectivity index (χ2n) is 5.26. The summed E-state index contributed by atoms with van der Waals surface area (Å²) in [5.41, 5.74) is 1.34. The second-order valence-corrected chi connectivity index (χ2v) is 5.26. The molecule has 0 saturated carbocycles. The van der Waals surface area contributed by atoms with Crippen LogP contribution in [0, 0.1) is 0 Å². The van der Waals surface area contributed by atoms with E-state index in [9.17, 15) is 0 Å². The third-order valence-electron chi connectivity index (χ3n) is 4.10. The lowest BCUT2D eigenvalue weighted by Gasteiger charge is -2.30. The molecule has 0 atom stereocenters. The molecule has 2 heteroatoms. The summed E-state index contributed by atoms with van der Waals surface area (Å²) < 4.78 is 5.48. The molecule has 3 aromatic carbocycles. The number of rotatable bonds is 1. The van der Waals surface area contributed by atoms with Crippen molar-refractivity contribution in [3.05, 3.63) is 54.6 Å². The lowest BCUT2D eigenvalue weighted by molar-refractivity contribution is 0.123. The van der Waals surface area contributed by atoms with Gasteiger partial charge in [-0.2, -0.15) is 0 Å². The van der Waals surface area contributed by atoms with Crippen LogP contribution in [0.4, 0.5) is 5.69 Å². The lowest BCUT2D eigenvalue weighted by atomic mass is 9.99. The molecular formula is C18H17NO. The number of hydrogen-bond donors (Lipinski definition) is 0. The molecule has 0 spiro atoms. The van der Waals surface area contributed by atoms with E-state index >= 15 is 0 Å². The van der Waals surface area contributed by atoms with Crippen molar-refractivity contribution in [2.45, 2.75) is 0 Å². The molecule has 1 aliphatic heterocycles. The molecule has 0 amide bonds. The van der Waals surface area contributed by atoms with Crippen molar-refractivity contribution < 1.29 is 4.74 Å². The highest BCUT2D eigenvalue weighted by Gasteiger charge is 2.15. The number of anilines is 1. The Morgan fingerprint density at radius 2 is 1.40 bits per heavy atom. The first-order valence-corrected chi connectivity index (χ1v) is 7.17. The van der Waals surface area contributed by atoms with Gasteiger partial charge in [-0.3, -0.25) is 0 Å². The fraction of sp³-hybridized carbons (Fsp3) is 0.222. The van der Waals surface area contributed by atoms with Crippen molar-refractivity contribution in [1.29, 1.82) is 0 Å². The molecular weight excluding hydrogens is 246 g/mol. The van der Waals surface area contributed by atoms with Gasteiger partial charge in [0.05, 0.1) is 13.2 Å². The Balaban J connectivity index is 2.02. The van der Waals surface area contributed by atoms with Crippen LogP contribution in [0.25, 0.3) is 21.5 Å². The van der Waals surface area contributed by atoms with E-state index in [-0.39, 0.29) is 0 Å². The molecule has 0 radical (unpaired) electrons. The third kappa shape index (κ3) is 1.84. The Kier molecular flexibility index (Phi) is 2.82. The number of nitrogens with zero attached hydrogens (tertiary/aromatic N) is 1. The molecule has 0 unspecified atom stereocenters. The lowest BCUT2D eigenvalue weighted by Crippen LogP contribution is -2.36. The number of ether oxygens (including phenoxy) is 1. The summed E-state index contributed by atoms with van der Waals surface area (Å²) in [7, 11) is 0. The summed E-state index contributed by atoms with van der Waals surface area (Å²) in [6.07, 6.45) is 0. The summed E-state index contributed by atoms with van der Waals surface area (Å²) in [5.74, 6) is 0. The van der Waals surface area contributed by atoms with Gasteiger partial charge in [-0.05, 0) is 22.2 Å². The zero-order chi connectivity index (χ0) is 13.4. The maximum atomic E-state index is 5.48. The van der Waals surface area contributed by atoms with Gasteiger partial charge in [0, 0.05) is 24.2 Å². The Morgan fingerprint density at radius 3 is 2.20 bits per heavy atom. The molecule has 0 aliphatic carbocycles. The minimum atomic E-state index is 0.821. The molecule has 100 valence electrons. The fourth-order valence-electron chi connectivity index (χ4n) is 3.10. The highest BCUT2D eigenvalue weighted by molar-refractivity contribution is 6.13.